The van der Waals surface area contributed by atoms with Gasteiger partial charge in [0.25, 0.3) is 5.91 Å². The second-order valence-corrected chi connectivity index (χ2v) is 9.05. The Balaban J connectivity index is 1.51. The Morgan fingerprint density at radius 1 is 1.03 bits per heavy atom. The summed E-state index contributed by atoms with van der Waals surface area (Å²) in [6, 6.07) is 18.0. The van der Waals surface area contributed by atoms with Gasteiger partial charge in [0.15, 0.2) is 5.17 Å². The molecule has 0 aliphatic carbocycles. The number of amidine groups is 1. The Labute approximate surface area is 192 Å². The molecule has 1 aromatic heterocycles. The van der Waals surface area contributed by atoms with Gasteiger partial charge in [-0.1, -0.05) is 46.3 Å². The average molecular weight is 495 g/mol. The topological polar surface area (TPSA) is 59.7 Å². The monoisotopic (exact) mass is 494 g/mol. The zero-order valence-corrected chi connectivity index (χ0v) is 19.0. The van der Waals surface area contributed by atoms with Crippen molar-refractivity contribution < 1.29 is 9.53 Å². The Morgan fingerprint density at radius 3 is 2.52 bits per heavy atom. The number of aromatic nitrogens is 2. The predicted molar refractivity (Wildman–Crippen MR) is 127 cm³/mol. The molecule has 2 aliphatic rings. The van der Waals surface area contributed by atoms with E-state index in [2.05, 4.69) is 25.8 Å². The maximum Gasteiger partial charge on any atom is 0.286 e. The zero-order chi connectivity index (χ0) is 21.2. The lowest BCUT2D eigenvalue weighted by Gasteiger charge is -2.27. The molecule has 1 amide bonds. The first-order valence-electron chi connectivity index (χ1n) is 9.94. The van der Waals surface area contributed by atoms with Gasteiger partial charge in [-0.2, -0.15) is 10.1 Å². The number of hydrogen-bond donors (Lipinski definition) is 0. The fraction of sp³-hybridized carbons (Fsp3) is 0.174. The van der Waals surface area contributed by atoms with Crippen molar-refractivity contribution in [3.63, 3.8) is 0 Å². The van der Waals surface area contributed by atoms with Gasteiger partial charge >= 0.3 is 0 Å². The third-order valence-corrected chi connectivity index (χ3v) is 6.63. The molecular formula is C23H19BrN4O2S. The van der Waals surface area contributed by atoms with Gasteiger partial charge in [0.05, 0.1) is 29.5 Å². The first-order valence-corrected chi connectivity index (χ1v) is 11.5. The molecule has 0 spiro atoms. The van der Waals surface area contributed by atoms with Gasteiger partial charge in [-0.25, -0.2) is 4.68 Å². The maximum atomic E-state index is 12.6. The van der Waals surface area contributed by atoms with E-state index in [1.54, 1.807) is 0 Å². The molecule has 3 heterocycles. The summed E-state index contributed by atoms with van der Waals surface area (Å²) in [6.07, 6.45) is 3.86. The number of carbonyl (C=O) groups excluding carboxylic acids is 1. The summed E-state index contributed by atoms with van der Waals surface area (Å²) in [6.45, 7) is 2.82. The van der Waals surface area contributed by atoms with E-state index in [4.69, 9.17) is 9.84 Å². The number of morpholine rings is 1. The van der Waals surface area contributed by atoms with Crippen LogP contribution in [0.2, 0.25) is 0 Å². The molecule has 2 aromatic carbocycles. The highest BCUT2D eigenvalue weighted by atomic mass is 79.9. The van der Waals surface area contributed by atoms with E-state index in [0.717, 1.165) is 45.2 Å². The molecule has 5 rings (SSSR count). The van der Waals surface area contributed by atoms with Crippen LogP contribution >= 0.6 is 27.7 Å². The summed E-state index contributed by atoms with van der Waals surface area (Å²) < 4.78 is 8.25. The van der Waals surface area contributed by atoms with Crippen molar-refractivity contribution in [2.24, 2.45) is 4.99 Å². The summed E-state index contributed by atoms with van der Waals surface area (Å²) in [5, 5.41) is 5.58. The highest BCUT2D eigenvalue weighted by Gasteiger charge is 2.27. The first kappa shape index (κ1) is 20.2. The molecule has 0 saturated carbocycles. The van der Waals surface area contributed by atoms with Crippen LogP contribution in [0.25, 0.3) is 23.0 Å². The van der Waals surface area contributed by atoms with Crippen LogP contribution in [-0.4, -0.2) is 52.1 Å². The minimum Gasteiger partial charge on any atom is -0.378 e. The van der Waals surface area contributed by atoms with Crippen molar-refractivity contribution in [2.45, 2.75) is 0 Å². The molecule has 8 heteroatoms. The van der Waals surface area contributed by atoms with Crippen LogP contribution in [0.15, 0.2) is 75.2 Å². The molecular weight excluding hydrogens is 476 g/mol. The van der Waals surface area contributed by atoms with E-state index in [0.29, 0.717) is 18.1 Å². The van der Waals surface area contributed by atoms with E-state index in [9.17, 15) is 4.79 Å². The van der Waals surface area contributed by atoms with Gasteiger partial charge < -0.3 is 9.64 Å². The van der Waals surface area contributed by atoms with Crippen LogP contribution in [0.1, 0.15) is 5.56 Å². The van der Waals surface area contributed by atoms with E-state index in [1.807, 2.05) is 71.6 Å². The van der Waals surface area contributed by atoms with Crippen molar-refractivity contribution in [3.05, 3.63) is 75.7 Å². The molecule has 1 fully saturated rings. The Bertz CT molecular complexity index is 1170. The van der Waals surface area contributed by atoms with Crippen LogP contribution in [0.5, 0.6) is 0 Å². The largest absolute Gasteiger partial charge is 0.378 e. The fourth-order valence-corrected chi connectivity index (χ4v) is 4.69. The Kier molecular flexibility index (Phi) is 5.76. The predicted octanol–water partition coefficient (Wildman–Crippen LogP) is 4.60. The number of rotatable bonds is 3. The third-order valence-electron chi connectivity index (χ3n) is 5.06. The summed E-state index contributed by atoms with van der Waals surface area (Å²) >= 11 is 4.91. The van der Waals surface area contributed by atoms with Crippen LogP contribution < -0.4 is 0 Å². The average Bonchev–Trinajstić information content (AvgIpc) is 3.40. The highest BCUT2D eigenvalue weighted by molar-refractivity contribution is 9.10. The van der Waals surface area contributed by atoms with E-state index in [-0.39, 0.29) is 5.91 Å². The number of thioether (sulfide) groups is 1. The molecule has 2 aliphatic heterocycles. The number of carbonyl (C=O) groups is 1. The van der Waals surface area contributed by atoms with Crippen molar-refractivity contribution in [1.82, 2.24) is 14.7 Å². The molecule has 1 saturated heterocycles. The molecule has 0 N–H and O–H groups in total. The van der Waals surface area contributed by atoms with Gasteiger partial charge in [0.2, 0.25) is 0 Å². The van der Waals surface area contributed by atoms with Crippen molar-refractivity contribution in [3.8, 4) is 16.9 Å². The number of hydrogen-bond acceptors (Lipinski definition) is 5. The summed E-state index contributed by atoms with van der Waals surface area (Å²) in [5.41, 5.74) is 3.63. The molecule has 0 atom stereocenters. The van der Waals surface area contributed by atoms with Crippen LogP contribution in [0.4, 0.5) is 0 Å². The van der Waals surface area contributed by atoms with Crippen molar-refractivity contribution in [1.29, 1.82) is 0 Å². The Hall–Kier alpha value is -2.68. The highest BCUT2D eigenvalue weighted by Crippen LogP contribution is 2.33. The van der Waals surface area contributed by atoms with Gasteiger partial charge in [-0.3, -0.25) is 4.79 Å². The molecule has 156 valence electrons. The second kappa shape index (κ2) is 8.82. The molecule has 0 radical (unpaired) electrons. The standard InChI is InChI=1S/C23H19BrN4O2S/c24-18-8-6-16(7-9-18)21-17(15-28(26-21)19-4-2-1-3-5-19)14-20-22(29)25-23(31-20)27-10-12-30-13-11-27/h1-9,14-15H,10-13H2. The van der Waals surface area contributed by atoms with Gasteiger partial charge in [0.1, 0.15) is 0 Å². The molecule has 0 bridgehead atoms. The summed E-state index contributed by atoms with van der Waals surface area (Å²) in [4.78, 5) is 19.6. The number of amides is 1. The summed E-state index contributed by atoms with van der Waals surface area (Å²) in [7, 11) is 0. The van der Waals surface area contributed by atoms with E-state index in [1.165, 1.54) is 11.8 Å². The third kappa shape index (κ3) is 4.37. The number of nitrogens with zero attached hydrogens (tertiary/aromatic N) is 4. The van der Waals surface area contributed by atoms with Gasteiger partial charge in [0, 0.05) is 34.9 Å². The second-order valence-electron chi connectivity index (χ2n) is 7.13. The lowest BCUT2D eigenvalue weighted by molar-refractivity contribution is -0.113. The van der Waals surface area contributed by atoms with Crippen molar-refractivity contribution >= 4 is 44.8 Å². The fourth-order valence-electron chi connectivity index (χ4n) is 3.47. The number of para-hydroxylation sites is 1. The lowest BCUT2D eigenvalue weighted by Crippen LogP contribution is -2.38. The first-order chi connectivity index (χ1) is 15.2. The van der Waals surface area contributed by atoms with Crippen molar-refractivity contribution in [2.75, 3.05) is 26.3 Å². The quantitative estimate of drug-likeness (QED) is 0.497. The van der Waals surface area contributed by atoms with Crippen LogP contribution in [-0.2, 0) is 9.53 Å². The zero-order valence-electron chi connectivity index (χ0n) is 16.6. The minimum absolute atomic E-state index is 0.208. The summed E-state index contributed by atoms with van der Waals surface area (Å²) in [5.74, 6) is -0.208. The Morgan fingerprint density at radius 2 is 1.77 bits per heavy atom. The number of aliphatic imine (C=N–C) groups is 1. The number of benzene rings is 2. The van der Waals surface area contributed by atoms with Crippen LogP contribution in [0.3, 0.4) is 0 Å². The molecule has 31 heavy (non-hydrogen) atoms. The number of ether oxygens (including phenoxy) is 1. The number of halogens is 1. The molecule has 0 unspecified atom stereocenters. The van der Waals surface area contributed by atoms with Gasteiger partial charge in [-0.15, -0.1) is 0 Å². The smallest absolute Gasteiger partial charge is 0.286 e. The van der Waals surface area contributed by atoms with E-state index >= 15 is 0 Å². The molecule has 3 aromatic rings. The lowest BCUT2D eigenvalue weighted by atomic mass is 10.1. The van der Waals surface area contributed by atoms with E-state index < -0.39 is 0 Å². The molecule has 6 nitrogen and oxygen atoms in total. The normalized spacial score (nSPS) is 18.0. The maximum absolute atomic E-state index is 12.6. The van der Waals surface area contributed by atoms with Crippen LogP contribution in [0, 0.1) is 0 Å². The minimum atomic E-state index is -0.208. The SMILES string of the molecule is O=C1N=C(N2CCOCC2)SC1=Cc1cn(-c2ccccc2)nc1-c1ccc(Br)cc1. The van der Waals surface area contributed by atoms with Gasteiger partial charge in [-0.05, 0) is 42.1 Å².